The van der Waals surface area contributed by atoms with Crippen LogP contribution in [-0.4, -0.2) is 12.6 Å². The number of hydrogen-bond donors (Lipinski definition) is 0. The van der Waals surface area contributed by atoms with E-state index in [1.54, 1.807) is 6.21 Å². The highest BCUT2D eigenvalue weighted by Gasteiger charge is 1.58. The number of rotatable bonds is 2. The summed E-state index contributed by atoms with van der Waals surface area (Å²) < 4.78 is 0. The molecular formula is C4H7NO. The van der Waals surface area contributed by atoms with E-state index in [0.717, 1.165) is 6.42 Å². The largest absolute Gasteiger partial charge is 0.276 e. The van der Waals surface area contributed by atoms with Gasteiger partial charge in [-0.05, 0) is 6.42 Å². The van der Waals surface area contributed by atoms with E-state index in [4.69, 9.17) is 0 Å². The topological polar surface area (TPSA) is 29.4 Å². The molecule has 0 heterocycles. The first-order valence-corrected chi connectivity index (χ1v) is 1.87. The zero-order chi connectivity index (χ0) is 4.83. The molecule has 0 aliphatic carbocycles. The highest BCUT2D eigenvalue weighted by Crippen LogP contribution is 1.61. The van der Waals surface area contributed by atoms with Crippen molar-refractivity contribution in [3.63, 3.8) is 0 Å². The third-order valence-electron chi connectivity index (χ3n) is 0.349. The summed E-state index contributed by atoms with van der Waals surface area (Å²) in [4.78, 5) is 12.7. The standard InChI is InChI=1S/C4H7NO/c1-2-3-5-4-6/h3-4H,2H2,1H3. The quantitative estimate of drug-likeness (QED) is 0.357. The van der Waals surface area contributed by atoms with Crippen molar-refractivity contribution in [1.82, 2.24) is 0 Å². The minimum atomic E-state index is 0.531. The van der Waals surface area contributed by atoms with Gasteiger partial charge in [0.25, 0.3) is 0 Å². The first-order chi connectivity index (χ1) is 2.91. The Labute approximate surface area is 36.9 Å². The molecule has 2 nitrogen and oxygen atoms in total. The van der Waals surface area contributed by atoms with Gasteiger partial charge in [-0.1, -0.05) is 6.92 Å². The minimum Gasteiger partial charge on any atom is -0.276 e. The predicted molar refractivity (Wildman–Crippen MR) is 24.8 cm³/mol. The number of nitrogens with zero attached hydrogens (tertiary/aromatic N) is 1. The summed E-state index contributed by atoms with van der Waals surface area (Å²) in [5.41, 5.74) is 0. The van der Waals surface area contributed by atoms with Gasteiger partial charge >= 0.3 is 0 Å². The summed E-state index contributed by atoms with van der Waals surface area (Å²) in [7, 11) is 0. The molecule has 2 heteroatoms. The van der Waals surface area contributed by atoms with Gasteiger partial charge in [0.05, 0.1) is 0 Å². The summed E-state index contributed by atoms with van der Waals surface area (Å²) in [5, 5.41) is 0. The van der Waals surface area contributed by atoms with Crippen LogP contribution < -0.4 is 0 Å². The van der Waals surface area contributed by atoms with E-state index in [-0.39, 0.29) is 0 Å². The summed E-state index contributed by atoms with van der Waals surface area (Å²) in [6, 6.07) is 0. The molecule has 0 saturated heterocycles. The van der Waals surface area contributed by atoms with Crippen LogP contribution in [0.3, 0.4) is 0 Å². The van der Waals surface area contributed by atoms with E-state index < -0.39 is 0 Å². The molecule has 0 bridgehead atoms. The molecule has 0 radical (unpaired) electrons. The van der Waals surface area contributed by atoms with Crippen molar-refractivity contribution >= 4 is 12.6 Å². The van der Waals surface area contributed by atoms with Gasteiger partial charge in [-0.25, -0.2) is 4.99 Å². The van der Waals surface area contributed by atoms with Crippen molar-refractivity contribution in [2.45, 2.75) is 13.3 Å². The van der Waals surface area contributed by atoms with Gasteiger partial charge in [-0.2, -0.15) is 0 Å². The molecule has 0 N–H and O–H groups in total. The van der Waals surface area contributed by atoms with Crippen LogP contribution in [0.2, 0.25) is 0 Å². The highest BCUT2D eigenvalue weighted by molar-refractivity contribution is 5.68. The van der Waals surface area contributed by atoms with Crippen LogP contribution in [0, 0.1) is 0 Å². The van der Waals surface area contributed by atoms with E-state index in [1.807, 2.05) is 6.92 Å². The molecule has 0 spiro atoms. The SMILES string of the molecule is CCC=NC=O. The molecule has 0 unspecified atom stereocenters. The summed E-state index contributed by atoms with van der Waals surface area (Å²) in [6.45, 7) is 1.92. The van der Waals surface area contributed by atoms with Crippen LogP contribution >= 0.6 is 0 Å². The third-order valence-corrected chi connectivity index (χ3v) is 0.349. The number of aliphatic imine (C=N–C) groups is 1. The number of amides is 1. The van der Waals surface area contributed by atoms with Crippen molar-refractivity contribution < 1.29 is 4.79 Å². The van der Waals surface area contributed by atoms with Gasteiger partial charge in [0.2, 0.25) is 6.41 Å². The number of carbonyl (C=O) groups is 1. The Bertz CT molecular complexity index is 58.6. The van der Waals surface area contributed by atoms with Crippen molar-refractivity contribution in [2.24, 2.45) is 4.99 Å². The molecule has 0 fully saturated rings. The van der Waals surface area contributed by atoms with Crippen LogP contribution in [0.5, 0.6) is 0 Å². The Hall–Kier alpha value is -0.660. The van der Waals surface area contributed by atoms with Crippen LogP contribution in [0.25, 0.3) is 0 Å². The molecule has 34 valence electrons. The van der Waals surface area contributed by atoms with Gasteiger partial charge in [-0.15, -0.1) is 0 Å². The molecule has 0 aliphatic rings. The van der Waals surface area contributed by atoms with Crippen molar-refractivity contribution in [3.05, 3.63) is 0 Å². The highest BCUT2D eigenvalue weighted by atomic mass is 16.1. The minimum absolute atomic E-state index is 0.531. The van der Waals surface area contributed by atoms with Gasteiger partial charge in [-0.3, -0.25) is 4.79 Å². The molecule has 0 aromatic heterocycles. The fraction of sp³-hybridized carbons (Fsp3) is 0.500. The van der Waals surface area contributed by atoms with Crippen LogP contribution in [0.4, 0.5) is 0 Å². The first-order valence-electron chi connectivity index (χ1n) is 1.87. The third kappa shape index (κ3) is 3.34. The smallest absolute Gasteiger partial charge is 0.232 e. The van der Waals surface area contributed by atoms with Crippen LogP contribution in [-0.2, 0) is 4.79 Å². The maximum Gasteiger partial charge on any atom is 0.232 e. The van der Waals surface area contributed by atoms with Gasteiger partial charge in [0.15, 0.2) is 0 Å². The van der Waals surface area contributed by atoms with Gasteiger partial charge in [0.1, 0.15) is 0 Å². The second-order valence-corrected chi connectivity index (χ2v) is 0.845. The zero-order valence-electron chi connectivity index (χ0n) is 3.72. The second kappa shape index (κ2) is 4.34. The summed E-state index contributed by atoms with van der Waals surface area (Å²) in [6.07, 6.45) is 2.93. The molecule has 6 heavy (non-hydrogen) atoms. The molecule has 0 atom stereocenters. The van der Waals surface area contributed by atoms with E-state index in [9.17, 15) is 4.79 Å². The lowest BCUT2D eigenvalue weighted by atomic mass is 10.5. The fourth-order valence-electron chi connectivity index (χ4n) is 0.148. The van der Waals surface area contributed by atoms with Gasteiger partial charge in [0, 0.05) is 6.21 Å². The summed E-state index contributed by atoms with van der Waals surface area (Å²) in [5.74, 6) is 0. The molecule has 1 amide bonds. The van der Waals surface area contributed by atoms with Crippen molar-refractivity contribution in [3.8, 4) is 0 Å². The Morgan fingerprint density at radius 3 is 2.67 bits per heavy atom. The summed E-state index contributed by atoms with van der Waals surface area (Å²) >= 11 is 0. The van der Waals surface area contributed by atoms with Crippen molar-refractivity contribution in [2.75, 3.05) is 0 Å². The monoisotopic (exact) mass is 85.1 g/mol. The Morgan fingerprint density at radius 2 is 2.50 bits per heavy atom. The average molecular weight is 85.1 g/mol. The Balaban J connectivity index is 2.94. The first kappa shape index (κ1) is 5.34. The molecule has 0 aliphatic heterocycles. The molecular weight excluding hydrogens is 78.0 g/mol. The zero-order valence-corrected chi connectivity index (χ0v) is 3.72. The predicted octanol–water partition coefficient (Wildman–Crippen LogP) is 0.624. The normalized spacial score (nSPS) is 9.50. The lowest BCUT2D eigenvalue weighted by Crippen LogP contribution is -1.65. The average Bonchev–Trinajstić information content (AvgIpc) is 1.61. The second-order valence-electron chi connectivity index (χ2n) is 0.845. The molecule has 0 aromatic carbocycles. The van der Waals surface area contributed by atoms with Crippen LogP contribution in [0.15, 0.2) is 4.99 Å². The lowest BCUT2D eigenvalue weighted by molar-refractivity contribution is -0.106. The van der Waals surface area contributed by atoms with Crippen molar-refractivity contribution in [1.29, 1.82) is 0 Å². The maximum absolute atomic E-state index is 9.37. The Kier molecular flexibility index (Phi) is 3.86. The lowest BCUT2D eigenvalue weighted by Gasteiger charge is -1.65. The van der Waals surface area contributed by atoms with E-state index in [2.05, 4.69) is 4.99 Å². The van der Waals surface area contributed by atoms with E-state index >= 15 is 0 Å². The fourth-order valence-corrected chi connectivity index (χ4v) is 0.148. The Morgan fingerprint density at radius 1 is 1.83 bits per heavy atom. The van der Waals surface area contributed by atoms with E-state index in [0.29, 0.717) is 6.41 Å². The molecule has 0 aromatic rings. The van der Waals surface area contributed by atoms with Gasteiger partial charge < -0.3 is 0 Å². The molecule has 0 saturated carbocycles. The van der Waals surface area contributed by atoms with E-state index in [1.165, 1.54) is 0 Å². The number of hydrogen-bond acceptors (Lipinski definition) is 1. The van der Waals surface area contributed by atoms with Crippen LogP contribution in [0.1, 0.15) is 13.3 Å². The maximum atomic E-state index is 9.37. The number of carbonyl (C=O) groups excluding carboxylic acids is 1. The molecule has 0 rings (SSSR count).